The zero-order valence-electron chi connectivity index (χ0n) is 7.58. The Bertz CT molecular complexity index is 271. The second-order valence-electron chi connectivity index (χ2n) is 2.82. The summed E-state index contributed by atoms with van der Waals surface area (Å²) in [6.45, 7) is 0.410. The fourth-order valence-electron chi connectivity index (χ4n) is 1.10. The third kappa shape index (κ3) is 3.03. The molecule has 6 heteroatoms. The molecule has 0 spiro atoms. The van der Waals surface area contributed by atoms with E-state index in [1.54, 1.807) is 6.07 Å². The van der Waals surface area contributed by atoms with Crippen molar-refractivity contribution in [3.05, 3.63) is 0 Å². The van der Waals surface area contributed by atoms with E-state index in [1.165, 1.54) is 0 Å². The molecule has 1 aliphatic heterocycles. The van der Waals surface area contributed by atoms with E-state index in [0.717, 1.165) is 0 Å². The average Bonchev–Trinajstić information content (AvgIpc) is 2.58. The fraction of sp³-hybridized carbons (Fsp3) is 0.625. The third-order valence-corrected chi connectivity index (χ3v) is 1.81. The summed E-state index contributed by atoms with van der Waals surface area (Å²) < 4.78 is 4.69. The number of amides is 1. The Morgan fingerprint density at radius 1 is 1.71 bits per heavy atom. The summed E-state index contributed by atoms with van der Waals surface area (Å²) in [5, 5.41) is 13.3. The van der Waals surface area contributed by atoms with Crippen LogP contribution in [0, 0.1) is 11.3 Å². The lowest BCUT2D eigenvalue weighted by atomic mass is 10.2. The van der Waals surface area contributed by atoms with Crippen molar-refractivity contribution in [1.29, 1.82) is 5.26 Å². The fourth-order valence-corrected chi connectivity index (χ4v) is 1.10. The summed E-state index contributed by atoms with van der Waals surface area (Å²) in [6.07, 6.45) is 0.588. The van der Waals surface area contributed by atoms with Crippen LogP contribution in [-0.4, -0.2) is 37.6 Å². The molecule has 0 aromatic carbocycles. The molecule has 1 fully saturated rings. The molecule has 0 aliphatic carbocycles. The van der Waals surface area contributed by atoms with E-state index in [2.05, 4.69) is 10.6 Å². The van der Waals surface area contributed by atoms with Gasteiger partial charge in [0, 0.05) is 6.42 Å². The first-order chi connectivity index (χ1) is 6.74. The number of nitrogens with one attached hydrogen (secondary N) is 2. The maximum absolute atomic E-state index is 11.0. The first-order valence-electron chi connectivity index (χ1n) is 4.27. The quantitative estimate of drug-likeness (QED) is 0.424. The van der Waals surface area contributed by atoms with Gasteiger partial charge >= 0.3 is 5.97 Å². The summed E-state index contributed by atoms with van der Waals surface area (Å²) >= 11 is 0. The number of hydrogen-bond acceptors (Lipinski definition) is 5. The predicted molar refractivity (Wildman–Crippen MR) is 46.0 cm³/mol. The van der Waals surface area contributed by atoms with E-state index >= 15 is 0 Å². The van der Waals surface area contributed by atoms with E-state index in [0.29, 0.717) is 13.0 Å². The van der Waals surface area contributed by atoms with Crippen LogP contribution in [0.25, 0.3) is 0 Å². The van der Waals surface area contributed by atoms with Crippen LogP contribution >= 0.6 is 0 Å². The number of cyclic esters (lactones) is 1. The second kappa shape index (κ2) is 5.19. The Morgan fingerprint density at radius 3 is 3.07 bits per heavy atom. The van der Waals surface area contributed by atoms with Crippen molar-refractivity contribution >= 4 is 11.9 Å². The van der Waals surface area contributed by atoms with Crippen molar-refractivity contribution in [3.63, 3.8) is 0 Å². The number of carbonyl (C=O) groups is 2. The highest BCUT2D eigenvalue weighted by atomic mass is 16.5. The highest BCUT2D eigenvalue weighted by Gasteiger charge is 2.26. The van der Waals surface area contributed by atoms with Gasteiger partial charge in [-0.05, 0) is 0 Å². The summed E-state index contributed by atoms with van der Waals surface area (Å²) in [6, 6.07) is 1.40. The molecule has 1 atom stereocenters. The molecular weight excluding hydrogens is 186 g/mol. The number of nitrogens with zero attached hydrogens (tertiary/aromatic N) is 1. The second-order valence-corrected chi connectivity index (χ2v) is 2.82. The lowest BCUT2D eigenvalue weighted by Gasteiger charge is -2.07. The van der Waals surface area contributed by atoms with Crippen LogP contribution in [0.1, 0.15) is 6.42 Å². The van der Waals surface area contributed by atoms with Crippen molar-refractivity contribution in [2.45, 2.75) is 12.5 Å². The van der Waals surface area contributed by atoms with Gasteiger partial charge in [-0.2, -0.15) is 5.26 Å². The minimum atomic E-state index is -0.386. The van der Waals surface area contributed by atoms with Gasteiger partial charge in [0.1, 0.15) is 12.6 Å². The van der Waals surface area contributed by atoms with Gasteiger partial charge < -0.3 is 10.1 Å². The smallest absolute Gasteiger partial charge is 0.323 e. The SMILES string of the molecule is N#CCNC(=O)CNC1CCOC1=O. The first-order valence-corrected chi connectivity index (χ1v) is 4.27. The normalized spacial score (nSPS) is 19.9. The van der Waals surface area contributed by atoms with Crippen molar-refractivity contribution < 1.29 is 14.3 Å². The molecular formula is C8H11N3O3. The molecule has 1 amide bonds. The van der Waals surface area contributed by atoms with Gasteiger partial charge in [-0.3, -0.25) is 14.9 Å². The summed E-state index contributed by atoms with van der Waals surface area (Å²) in [5.74, 6) is -0.621. The molecule has 1 unspecified atom stereocenters. The lowest BCUT2D eigenvalue weighted by Crippen LogP contribution is -2.41. The van der Waals surface area contributed by atoms with Gasteiger partial charge in [-0.25, -0.2) is 0 Å². The van der Waals surface area contributed by atoms with Gasteiger partial charge in [0.25, 0.3) is 0 Å². The molecule has 2 N–H and O–H groups in total. The van der Waals surface area contributed by atoms with Gasteiger partial charge in [0.05, 0.1) is 19.2 Å². The topological polar surface area (TPSA) is 91.2 Å². The zero-order valence-corrected chi connectivity index (χ0v) is 7.58. The van der Waals surface area contributed by atoms with E-state index in [4.69, 9.17) is 10.00 Å². The van der Waals surface area contributed by atoms with Crippen LogP contribution in [0.2, 0.25) is 0 Å². The zero-order chi connectivity index (χ0) is 10.4. The summed E-state index contributed by atoms with van der Waals surface area (Å²) in [5.41, 5.74) is 0. The Hall–Kier alpha value is -1.61. The van der Waals surface area contributed by atoms with Gasteiger partial charge in [-0.1, -0.05) is 0 Å². The van der Waals surface area contributed by atoms with Crippen LogP contribution in [-0.2, 0) is 14.3 Å². The maximum atomic E-state index is 11.0. The van der Waals surface area contributed by atoms with Crippen molar-refractivity contribution in [1.82, 2.24) is 10.6 Å². The van der Waals surface area contributed by atoms with Crippen LogP contribution < -0.4 is 10.6 Å². The number of esters is 1. The van der Waals surface area contributed by atoms with Crippen molar-refractivity contribution in [2.24, 2.45) is 0 Å². The Labute approximate surface area is 81.2 Å². The molecule has 0 bridgehead atoms. The summed E-state index contributed by atoms with van der Waals surface area (Å²) in [7, 11) is 0. The molecule has 6 nitrogen and oxygen atoms in total. The standard InChI is InChI=1S/C8H11N3O3/c9-2-3-10-7(12)5-11-6-1-4-14-8(6)13/h6,11H,1,3-5H2,(H,10,12). The molecule has 0 aromatic heterocycles. The third-order valence-electron chi connectivity index (χ3n) is 1.81. The van der Waals surface area contributed by atoms with Crippen LogP contribution in [0.15, 0.2) is 0 Å². The van der Waals surface area contributed by atoms with Crippen LogP contribution in [0.4, 0.5) is 0 Å². The number of ether oxygens (including phenoxy) is 1. The van der Waals surface area contributed by atoms with E-state index in [9.17, 15) is 9.59 Å². The molecule has 14 heavy (non-hydrogen) atoms. The largest absolute Gasteiger partial charge is 0.464 e. The van der Waals surface area contributed by atoms with E-state index in [-0.39, 0.29) is 31.0 Å². The van der Waals surface area contributed by atoms with Crippen LogP contribution in [0.5, 0.6) is 0 Å². The van der Waals surface area contributed by atoms with Crippen molar-refractivity contribution in [2.75, 3.05) is 19.7 Å². The molecule has 0 radical (unpaired) electrons. The van der Waals surface area contributed by atoms with E-state index in [1.807, 2.05) is 0 Å². The molecule has 76 valence electrons. The highest BCUT2D eigenvalue weighted by molar-refractivity contribution is 5.81. The first kappa shape index (κ1) is 10.5. The van der Waals surface area contributed by atoms with Gasteiger partial charge in [0.2, 0.25) is 5.91 Å². The minimum Gasteiger partial charge on any atom is -0.464 e. The Balaban J connectivity index is 2.17. The molecule has 0 aromatic rings. The molecule has 1 heterocycles. The minimum absolute atomic E-state index is 0.0182. The molecule has 1 aliphatic rings. The molecule has 1 saturated heterocycles. The molecule has 0 saturated carbocycles. The van der Waals surface area contributed by atoms with Crippen molar-refractivity contribution in [3.8, 4) is 6.07 Å². The number of nitriles is 1. The number of carbonyl (C=O) groups excluding carboxylic acids is 2. The number of hydrogen-bond donors (Lipinski definition) is 2. The Morgan fingerprint density at radius 2 is 2.50 bits per heavy atom. The van der Waals surface area contributed by atoms with Gasteiger partial charge in [-0.15, -0.1) is 0 Å². The monoisotopic (exact) mass is 197 g/mol. The highest BCUT2D eigenvalue weighted by Crippen LogP contribution is 2.04. The number of rotatable bonds is 4. The van der Waals surface area contributed by atoms with E-state index < -0.39 is 0 Å². The maximum Gasteiger partial charge on any atom is 0.323 e. The Kier molecular flexibility index (Phi) is 3.88. The predicted octanol–water partition coefficient (Wildman–Crippen LogP) is -1.47. The molecule has 1 rings (SSSR count). The summed E-state index contributed by atoms with van der Waals surface area (Å²) in [4.78, 5) is 21.9. The average molecular weight is 197 g/mol. The van der Waals surface area contributed by atoms with Gasteiger partial charge in [0.15, 0.2) is 0 Å². The lowest BCUT2D eigenvalue weighted by molar-refractivity contribution is -0.139. The van der Waals surface area contributed by atoms with Crippen LogP contribution in [0.3, 0.4) is 0 Å².